The number of nitrogens with zero attached hydrogens (tertiary/aromatic N) is 2. The molecule has 0 aromatic heterocycles. The lowest BCUT2D eigenvalue weighted by Crippen LogP contribution is -2.36. The Morgan fingerprint density at radius 3 is 2.48 bits per heavy atom. The number of aryl methyl sites for hydroxylation is 1. The lowest BCUT2D eigenvalue weighted by Gasteiger charge is -2.26. The van der Waals surface area contributed by atoms with E-state index in [1.165, 1.54) is 28.0 Å². The second-order valence-electron chi connectivity index (χ2n) is 7.91. The van der Waals surface area contributed by atoms with Crippen molar-refractivity contribution in [3.05, 3.63) is 81.7 Å². The first-order valence-electron chi connectivity index (χ1n) is 10.0. The van der Waals surface area contributed by atoms with Crippen LogP contribution in [0.25, 0.3) is 4.85 Å². The molecular weight excluding hydrogens is 328 g/mol. The molecule has 27 heavy (non-hydrogen) atoms. The number of benzene rings is 2. The fraction of sp³-hybridized carbons (Fsp3) is 0.360. The summed E-state index contributed by atoms with van der Waals surface area (Å²) in [4.78, 5) is 4.99. The Balaban J connectivity index is 0.000000872. The molecule has 4 aliphatic rings. The van der Waals surface area contributed by atoms with Gasteiger partial charge in [0, 0.05) is 31.9 Å². The van der Waals surface area contributed by atoms with Crippen molar-refractivity contribution >= 4 is 11.9 Å². The molecule has 2 atom stereocenters. The van der Waals surface area contributed by atoms with Gasteiger partial charge in [-0.15, -0.1) is 0 Å². The molecule has 3 heterocycles. The fourth-order valence-electron chi connectivity index (χ4n) is 4.71. The molecule has 1 unspecified atom stereocenters. The predicted molar refractivity (Wildman–Crippen MR) is 113 cm³/mol. The largest absolute Gasteiger partial charge is 0.408 e. The second-order valence-corrected chi connectivity index (χ2v) is 7.91. The summed E-state index contributed by atoms with van der Waals surface area (Å²) in [6.45, 7) is 10.7. The molecule has 0 amide bonds. The van der Waals surface area contributed by atoms with Crippen LogP contribution in [0.3, 0.4) is 0 Å². The monoisotopic (exact) mass is 356 g/mol. The Bertz CT molecular complexity index is 1010. The third-order valence-corrected chi connectivity index (χ3v) is 6.01. The molecule has 2 aromatic rings. The molecule has 3 aliphatic heterocycles. The third kappa shape index (κ3) is 2.42. The predicted octanol–water partition coefficient (Wildman–Crippen LogP) is 6.18. The Hall–Kier alpha value is -2.66. The van der Waals surface area contributed by atoms with Gasteiger partial charge in [0.25, 0.3) is 6.07 Å². The average Bonchev–Trinajstić information content (AvgIpc) is 2.84. The standard InChI is InChI=1S/C23H22N2.C2H6/c1-16-8-10-18(11-9-16)25-15-23-20-7-5-4-6-19(20)17(12-13-24-23)14-21(23)22(25,2)3;1-2/h4-11,14-15,17H,12H2,1-3H3;1-2H3/q+2;/t17?,23-;/m1./s1. The van der Waals surface area contributed by atoms with Crippen molar-refractivity contribution in [3.63, 3.8) is 0 Å². The number of rotatable bonds is 1. The molecule has 2 nitrogen and oxygen atoms in total. The molecule has 2 bridgehead atoms. The van der Waals surface area contributed by atoms with Gasteiger partial charge in [-0.3, -0.25) is 0 Å². The van der Waals surface area contributed by atoms with E-state index in [0.29, 0.717) is 5.92 Å². The average molecular weight is 357 g/mol. The van der Waals surface area contributed by atoms with Gasteiger partial charge in [-0.2, -0.15) is 4.58 Å². The van der Waals surface area contributed by atoms with Gasteiger partial charge in [-0.1, -0.05) is 60.7 Å². The molecule has 0 saturated carbocycles. The minimum absolute atomic E-state index is 0.115. The van der Waals surface area contributed by atoms with Crippen LogP contribution in [0.1, 0.15) is 56.7 Å². The molecule has 0 N–H and O–H groups in total. The van der Waals surface area contributed by atoms with Crippen LogP contribution in [0.5, 0.6) is 0 Å². The highest BCUT2D eigenvalue weighted by Gasteiger charge is 2.67. The summed E-state index contributed by atoms with van der Waals surface area (Å²) in [5.41, 5.74) is 6.09. The Kier molecular flexibility index (Phi) is 4.07. The van der Waals surface area contributed by atoms with Crippen LogP contribution >= 0.6 is 0 Å². The van der Waals surface area contributed by atoms with E-state index in [4.69, 9.17) is 4.85 Å². The van der Waals surface area contributed by atoms with Gasteiger partial charge >= 0.3 is 5.54 Å². The van der Waals surface area contributed by atoms with E-state index in [2.05, 4.69) is 92.2 Å². The van der Waals surface area contributed by atoms with Gasteiger partial charge in [0.2, 0.25) is 11.9 Å². The first-order chi connectivity index (χ1) is 13.0. The maximum atomic E-state index is 4.99. The van der Waals surface area contributed by atoms with E-state index in [1.54, 1.807) is 0 Å². The van der Waals surface area contributed by atoms with E-state index in [9.17, 15) is 0 Å². The van der Waals surface area contributed by atoms with Crippen molar-refractivity contribution in [2.75, 3.05) is 0 Å². The number of fused-ring (bicyclic) bond motifs is 1. The zero-order chi connectivity index (χ0) is 19.2. The Labute approximate surface area is 162 Å². The maximum Gasteiger partial charge on any atom is 0.408 e. The van der Waals surface area contributed by atoms with Crippen LogP contribution in [0.15, 0.2) is 60.2 Å². The van der Waals surface area contributed by atoms with E-state index >= 15 is 0 Å². The number of allylic oxidation sites excluding steroid dienone is 1. The van der Waals surface area contributed by atoms with Crippen LogP contribution in [-0.2, 0) is 5.54 Å². The van der Waals surface area contributed by atoms with E-state index in [-0.39, 0.29) is 5.54 Å². The quantitative estimate of drug-likeness (QED) is 0.425. The number of hydrogen-bond donors (Lipinski definition) is 0. The first-order valence-corrected chi connectivity index (χ1v) is 10.0. The maximum absolute atomic E-state index is 4.99. The molecule has 0 radical (unpaired) electrons. The van der Waals surface area contributed by atoms with Gasteiger partial charge in [0.1, 0.15) is 5.57 Å². The van der Waals surface area contributed by atoms with Gasteiger partial charge in [0.05, 0.1) is 12.0 Å². The van der Waals surface area contributed by atoms with Crippen LogP contribution in [0.4, 0.5) is 5.69 Å². The topological polar surface area (TPSA) is 7.37 Å². The SMILES string of the molecule is CC.Cc1ccc([N+]2=C[C@]34[N+]#CCC(C=C3C2(C)C)c2ccccc24)cc1. The van der Waals surface area contributed by atoms with Crippen LogP contribution in [-0.4, -0.2) is 16.3 Å². The summed E-state index contributed by atoms with van der Waals surface area (Å²) in [6, 6.07) is 20.9. The zero-order valence-corrected chi connectivity index (χ0v) is 17.0. The van der Waals surface area contributed by atoms with Crippen molar-refractivity contribution in [2.24, 2.45) is 0 Å². The molecule has 1 spiro atoms. The van der Waals surface area contributed by atoms with Gasteiger partial charge in [0.15, 0.2) is 5.54 Å². The number of hydrogen-bond acceptors (Lipinski definition) is 0. The van der Waals surface area contributed by atoms with E-state index < -0.39 is 5.54 Å². The molecule has 0 fully saturated rings. The molecule has 136 valence electrons. The normalized spacial score (nSPS) is 25.6. The van der Waals surface area contributed by atoms with Crippen molar-refractivity contribution in [1.29, 1.82) is 0 Å². The van der Waals surface area contributed by atoms with Gasteiger partial charge in [-0.05, 0) is 18.6 Å². The van der Waals surface area contributed by atoms with Gasteiger partial charge < -0.3 is 0 Å². The summed E-state index contributed by atoms with van der Waals surface area (Å²) < 4.78 is 2.40. The minimum atomic E-state index is -0.405. The smallest absolute Gasteiger partial charge is 0.185 e. The minimum Gasteiger partial charge on any atom is -0.185 e. The summed E-state index contributed by atoms with van der Waals surface area (Å²) in [5.74, 6) is 0.385. The highest BCUT2D eigenvalue weighted by molar-refractivity contribution is 5.85. The Morgan fingerprint density at radius 2 is 1.74 bits per heavy atom. The second kappa shape index (κ2) is 6.20. The lowest BCUT2D eigenvalue weighted by atomic mass is 9.69. The van der Waals surface area contributed by atoms with E-state index in [0.717, 1.165) is 6.42 Å². The van der Waals surface area contributed by atoms with Crippen molar-refractivity contribution in [2.45, 2.75) is 58.0 Å². The molecule has 6 rings (SSSR count). The Morgan fingerprint density at radius 1 is 1.04 bits per heavy atom. The van der Waals surface area contributed by atoms with E-state index in [1.807, 2.05) is 13.8 Å². The molecular formula is C25H28N2+2. The highest BCUT2D eigenvalue weighted by Crippen LogP contribution is 2.54. The summed E-state index contributed by atoms with van der Waals surface area (Å²) >= 11 is 0. The summed E-state index contributed by atoms with van der Waals surface area (Å²) in [7, 11) is 0. The lowest BCUT2D eigenvalue weighted by molar-refractivity contribution is -0.501. The van der Waals surface area contributed by atoms with Crippen molar-refractivity contribution < 1.29 is 4.58 Å². The van der Waals surface area contributed by atoms with Crippen LogP contribution < -0.4 is 0 Å². The van der Waals surface area contributed by atoms with Crippen LogP contribution in [0, 0.1) is 13.0 Å². The molecule has 1 aliphatic carbocycles. The molecule has 2 aromatic carbocycles. The zero-order valence-electron chi connectivity index (χ0n) is 17.0. The molecule has 2 heteroatoms. The third-order valence-electron chi connectivity index (χ3n) is 6.01. The highest BCUT2D eigenvalue weighted by atomic mass is 15.2. The van der Waals surface area contributed by atoms with Crippen molar-refractivity contribution in [1.82, 2.24) is 0 Å². The summed E-state index contributed by atoms with van der Waals surface area (Å²) in [6.07, 6.45) is 5.64. The van der Waals surface area contributed by atoms with Crippen LogP contribution in [0.2, 0.25) is 0 Å². The molecule has 0 saturated heterocycles. The fourth-order valence-corrected chi connectivity index (χ4v) is 4.71. The summed E-state index contributed by atoms with van der Waals surface area (Å²) in [5, 5.41) is 0. The van der Waals surface area contributed by atoms with Gasteiger partial charge in [-0.25, -0.2) is 0 Å². The first kappa shape index (κ1) is 17.7. The van der Waals surface area contributed by atoms with Crippen molar-refractivity contribution in [3.8, 4) is 6.07 Å².